The average molecular weight is 362 g/mol. The first-order valence-electron chi connectivity index (χ1n) is 7.72. The monoisotopic (exact) mass is 362 g/mol. The number of aryl methyl sites for hydroxylation is 1. The van der Waals surface area contributed by atoms with Crippen molar-refractivity contribution in [1.29, 1.82) is 0 Å². The van der Waals surface area contributed by atoms with Gasteiger partial charge in [0.1, 0.15) is 5.75 Å². The fraction of sp³-hybridized carbons (Fsp3) is 0.375. The lowest BCUT2D eigenvalue weighted by Gasteiger charge is -2.19. The maximum absolute atomic E-state index is 12.3. The molecule has 1 fully saturated rings. The molecule has 0 saturated carbocycles. The highest BCUT2D eigenvalue weighted by Gasteiger charge is 2.32. The Morgan fingerprint density at radius 3 is 2.96 bits per heavy atom. The molecule has 1 aliphatic heterocycles. The zero-order valence-electron chi connectivity index (χ0n) is 13.9. The van der Waals surface area contributed by atoms with Gasteiger partial charge in [-0.15, -0.1) is 10.2 Å². The fourth-order valence-electron chi connectivity index (χ4n) is 2.62. The van der Waals surface area contributed by atoms with E-state index in [9.17, 15) is 9.59 Å². The zero-order chi connectivity index (χ0) is 17.8. The van der Waals surface area contributed by atoms with Crippen LogP contribution < -0.4 is 15.0 Å². The molecule has 1 aliphatic rings. The molecule has 25 heavy (non-hydrogen) atoms. The Kier molecular flexibility index (Phi) is 5.22. The van der Waals surface area contributed by atoms with Gasteiger partial charge < -0.3 is 19.4 Å². The summed E-state index contributed by atoms with van der Waals surface area (Å²) in [5, 5.41) is 10.8. The molecule has 1 saturated heterocycles. The molecule has 132 valence electrons. The van der Waals surface area contributed by atoms with Crippen LogP contribution in [0.5, 0.6) is 5.75 Å². The zero-order valence-corrected chi connectivity index (χ0v) is 14.7. The van der Waals surface area contributed by atoms with Crippen molar-refractivity contribution in [3.05, 3.63) is 30.2 Å². The van der Waals surface area contributed by atoms with Crippen molar-refractivity contribution < 1.29 is 18.7 Å². The van der Waals surface area contributed by atoms with E-state index in [-0.39, 0.29) is 30.0 Å². The molecular weight excluding hydrogens is 344 g/mol. The topological polar surface area (TPSA) is 97.6 Å². The van der Waals surface area contributed by atoms with E-state index in [4.69, 9.17) is 9.15 Å². The smallest absolute Gasteiger partial charge is 0.277 e. The Morgan fingerprint density at radius 2 is 2.24 bits per heavy atom. The van der Waals surface area contributed by atoms with Crippen LogP contribution in [0.2, 0.25) is 0 Å². The van der Waals surface area contributed by atoms with E-state index >= 15 is 0 Å². The highest BCUT2D eigenvalue weighted by Crippen LogP contribution is 2.31. The predicted molar refractivity (Wildman–Crippen MR) is 91.7 cm³/mol. The fourth-order valence-corrected chi connectivity index (χ4v) is 3.24. The molecule has 1 atom stereocenters. The minimum Gasteiger partial charge on any atom is -0.495 e. The number of benzene rings is 1. The van der Waals surface area contributed by atoms with E-state index in [1.54, 1.807) is 25.0 Å². The lowest BCUT2D eigenvalue weighted by atomic mass is 10.2. The number of nitrogens with one attached hydrogen (secondary N) is 1. The minimum absolute atomic E-state index is 0.0463. The number of aromatic nitrogens is 2. The third-order valence-corrected chi connectivity index (χ3v) is 4.52. The van der Waals surface area contributed by atoms with Crippen LogP contribution in [-0.4, -0.2) is 47.5 Å². The molecular formula is C16H18N4O4S. The van der Waals surface area contributed by atoms with Crippen molar-refractivity contribution in [2.45, 2.75) is 24.6 Å². The van der Waals surface area contributed by atoms with Crippen LogP contribution in [0.15, 0.2) is 33.9 Å². The van der Waals surface area contributed by atoms with Gasteiger partial charge in [-0.2, -0.15) is 0 Å². The van der Waals surface area contributed by atoms with Crippen LogP contribution in [0, 0.1) is 6.92 Å². The lowest BCUT2D eigenvalue weighted by Crippen LogP contribution is -2.38. The Bertz CT molecular complexity index is 779. The van der Waals surface area contributed by atoms with Crippen molar-refractivity contribution in [2.24, 2.45) is 0 Å². The number of ether oxygens (including phenoxy) is 1. The van der Waals surface area contributed by atoms with Gasteiger partial charge in [-0.1, -0.05) is 23.9 Å². The van der Waals surface area contributed by atoms with Gasteiger partial charge in [0, 0.05) is 19.9 Å². The molecule has 9 heteroatoms. The molecule has 2 aromatic rings. The molecule has 3 rings (SSSR count). The van der Waals surface area contributed by atoms with Gasteiger partial charge in [-0.3, -0.25) is 9.59 Å². The highest BCUT2D eigenvalue weighted by atomic mass is 32.2. The Morgan fingerprint density at radius 1 is 1.44 bits per heavy atom. The van der Waals surface area contributed by atoms with Gasteiger partial charge in [0.2, 0.25) is 17.7 Å². The summed E-state index contributed by atoms with van der Waals surface area (Å²) in [6.07, 6.45) is 0.258. The van der Waals surface area contributed by atoms with E-state index in [1.165, 1.54) is 11.8 Å². The summed E-state index contributed by atoms with van der Waals surface area (Å²) in [7, 11) is 1.56. The summed E-state index contributed by atoms with van der Waals surface area (Å²) in [5.41, 5.74) is 0.711. The van der Waals surface area contributed by atoms with E-state index in [1.807, 2.05) is 18.2 Å². The van der Waals surface area contributed by atoms with Gasteiger partial charge in [0.15, 0.2) is 0 Å². The van der Waals surface area contributed by atoms with Gasteiger partial charge in [-0.05, 0) is 12.1 Å². The number of methoxy groups -OCH3 is 1. The first kappa shape index (κ1) is 17.3. The summed E-state index contributed by atoms with van der Waals surface area (Å²) >= 11 is 1.17. The number of rotatable bonds is 6. The van der Waals surface area contributed by atoms with Gasteiger partial charge in [-0.25, -0.2) is 0 Å². The van der Waals surface area contributed by atoms with Crippen molar-refractivity contribution in [2.75, 3.05) is 24.3 Å². The van der Waals surface area contributed by atoms with Crippen LogP contribution in [-0.2, 0) is 9.59 Å². The summed E-state index contributed by atoms with van der Waals surface area (Å²) in [4.78, 5) is 26.0. The van der Waals surface area contributed by atoms with Gasteiger partial charge in [0.25, 0.3) is 5.22 Å². The summed E-state index contributed by atoms with van der Waals surface area (Å²) in [6, 6.07) is 7.08. The maximum atomic E-state index is 12.3. The molecule has 0 bridgehead atoms. The van der Waals surface area contributed by atoms with Crippen LogP contribution in [0.4, 0.5) is 5.69 Å². The average Bonchev–Trinajstić information content (AvgIpc) is 3.18. The van der Waals surface area contributed by atoms with Crippen molar-refractivity contribution in [1.82, 2.24) is 15.5 Å². The van der Waals surface area contributed by atoms with E-state index in [0.29, 0.717) is 29.1 Å². The third-order valence-electron chi connectivity index (χ3n) is 3.70. The number of para-hydroxylation sites is 2. The normalized spacial score (nSPS) is 17.0. The molecule has 0 aliphatic carbocycles. The molecule has 1 unspecified atom stereocenters. The van der Waals surface area contributed by atoms with Gasteiger partial charge >= 0.3 is 0 Å². The van der Waals surface area contributed by atoms with Gasteiger partial charge in [0.05, 0.1) is 24.6 Å². The number of carbonyl (C=O) groups is 2. The number of anilines is 1. The second-order valence-corrected chi connectivity index (χ2v) is 6.45. The number of hydrogen-bond donors (Lipinski definition) is 1. The van der Waals surface area contributed by atoms with Crippen molar-refractivity contribution in [3.63, 3.8) is 0 Å². The molecule has 1 aromatic carbocycles. The molecule has 8 nitrogen and oxygen atoms in total. The second-order valence-electron chi connectivity index (χ2n) is 5.52. The molecule has 0 radical (unpaired) electrons. The molecule has 0 spiro atoms. The summed E-state index contributed by atoms with van der Waals surface area (Å²) in [6.45, 7) is 2.10. The molecule has 2 heterocycles. The number of amides is 2. The highest BCUT2D eigenvalue weighted by molar-refractivity contribution is 7.99. The number of hydrogen-bond acceptors (Lipinski definition) is 7. The van der Waals surface area contributed by atoms with Crippen molar-refractivity contribution in [3.8, 4) is 5.75 Å². The molecule has 2 amide bonds. The van der Waals surface area contributed by atoms with E-state index in [0.717, 1.165) is 0 Å². The predicted octanol–water partition coefficient (Wildman–Crippen LogP) is 1.40. The van der Waals surface area contributed by atoms with Crippen LogP contribution in [0.1, 0.15) is 12.3 Å². The molecule has 1 N–H and O–H groups in total. The number of thioether (sulfide) groups is 1. The van der Waals surface area contributed by atoms with E-state index in [2.05, 4.69) is 15.5 Å². The third kappa shape index (κ3) is 4.11. The lowest BCUT2D eigenvalue weighted by molar-refractivity contribution is -0.119. The van der Waals surface area contributed by atoms with Crippen LogP contribution in [0.3, 0.4) is 0 Å². The van der Waals surface area contributed by atoms with E-state index < -0.39 is 0 Å². The standard InChI is InChI=1S/C16H18N4O4S/c1-10-18-19-16(24-10)25-9-14(21)17-11-7-15(22)20(8-11)12-5-3-4-6-13(12)23-2/h3-6,11H,7-9H2,1-2H3,(H,17,21). The Labute approximate surface area is 148 Å². The SMILES string of the molecule is COc1ccccc1N1CC(NC(=O)CSc2nnc(C)o2)CC1=O. The van der Waals surface area contributed by atoms with Crippen molar-refractivity contribution >= 4 is 29.3 Å². The maximum Gasteiger partial charge on any atom is 0.277 e. The molecule has 1 aromatic heterocycles. The van der Waals surface area contributed by atoms with Crippen LogP contribution >= 0.6 is 11.8 Å². The minimum atomic E-state index is -0.241. The Hall–Kier alpha value is -2.55. The second kappa shape index (κ2) is 7.56. The van der Waals surface area contributed by atoms with Crippen LogP contribution in [0.25, 0.3) is 0 Å². The first-order valence-corrected chi connectivity index (χ1v) is 8.71. The first-order chi connectivity index (χ1) is 12.1. The summed E-state index contributed by atoms with van der Waals surface area (Å²) in [5.74, 6) is 1.01. The largest absolute Gasteiger partial charge is 0.495 e. The summed E-state index contributed by atoms with van der Waals surface area (Å²) < 4.78 is 10.5. The number of carbonyl (C=O) groups excluding carboxylic acids is 2. The Balaban J connectivity index is 1.56. The number of nitrogens with zero attached hydrogens (tertiary/aromatic N) is 3. The quantitative estimate of drug-likeness (QED) is 0.776.